The molecule has 7 heteroatoms. The van der Waals surface area contributed by atoms with Crippen LogP contribution in [0.1, 0.15) is 35.2 Å². The van der Waals surface area contributed by atoms with Gasteiger partial charge >= 0.3 is 5.97 Å². The van der Waals surface area contributed by atoms with Crippen molar-refractivity contribution < 1.29 is 19.5 Å². The third-order valence-corrected chi connectivity index (χ3v) is 4.15. The van der Waals surface area contributed by atoms with E-state index in [0.29, 0.717) is 35.7 Å². The molecule has 0 aliphatic rings. The highest BCUT2D eigenvalue weighted by Gasteiger charge is 2.10. The summed E-state index contributed by atoms with van der Waals surface area (Å²) in [5.74, 6) is -1.31. The van der Waals surface area contributed by atoms with E-state index in [0.717, 1.165) is 0 Å². The second-order valence-corrected chi connectivity index (χ2v) is 6.41. The molecule has 2 aromatic rings. The van der Waals surface area contributed by atoms with Crippen LogP contribution in [0.4, 0.5) is 5.69 Å². The number of carboxylic acid groups (broad SMARTS) is 1. The lowest BCUT2D eigenvalue weighted by Gasteiger charge is -2.08. The molecule has 0 spiro atoms. The maximum absolute atomic E-state index is 11.9. The Balaban J connectivity index is 1.65. The first-order chi connectivity index (χ1) is 13.0. The number of benzene rings is 2. The van der Waals surface area contributed by atoms with E-state index in [1.807, 2.05) is 0 Å². The fourth-order valence-electron chi connectivity index (χ4n) is 2.52. The predicted molar refractivity (Wildman–Crippen MR) is 104 cm³/mol. The summed E-state index contributed by atoms with van der Waals surface area (Å²) >= 11 is 5.79. The molecule has 6 nitrogen and oxygen atoms in total. The number of amides is 2. The number of hydrogen-bond acceptors (Lipinski definition) is 3. The molecule has 0 aliphatic carbocycles. The van der Waals surface area contributed by atoms with E-state index >= 15 is 0 Å². The van der Waals surface area contributed by atoms with E-state index in [-0.39, 0.29) is 30.2 Å². The van der Waals surface area contributed by atoms with Crippen LogP contribution < -0.4 is 10.6 Å². The number of nitrogens with one attached hydrogen (secondary N) is 2. The van der Waals surface area contributed by atoms with Gasteiger partial charge in [-0.3, -0.25) is 9.59 Å². The maximum atomic E-state index is 11.9. The van der Waals surface area contributed by atoms with Crippen molar-refractivity contribution in [2.45, 2.75) is 25.7 Å². The minimum atomic E-state index is -1.00. The maximum Gasteiger partial charge on any atom is 0.335 e. The molecule has 0 fully saturated rings. The molecule has 0 atom stereocenters. The van der Waals surface area contributed by atoms with Gasteiger partial charge in [0.2, 0.25) is 11.8 Å². The SMILES string of the molecule is O=C(CCc1ccccc1C(=O)O)NCCCC(=O)Nc1ccc(Cl)cc1. The van der Waals surface area contributed by atoms with Crippen molar-refractivity contribution >= 4 is 35.1 Å². The summed E-state index contributed by atoms with van der Waals surface area (Å²) in [6.07, 6.45) is 1.34. The molecule has 3 N–H and O–H groups in total. The van der Waals surface area contributed by atoms with Crippen molar-refractivity contribution in [2.75, 3.05) is 11.9 Å². The van der Waals surface area contributed by atoms with E-state index in [9.17, 15) is 14.4 Å². The van der Waals surface area contributed by atoms with Gasteiger partial charge in [-0.1, -0.05) is 29.8 Å². The number of hydrogen-bond donors (Lipinski definition) is 3. The lowest BCUT2D eigenvalue weighted by atomic mass is 10.0. The first-order valence-corrected chi connectivity index (χ1v) is 8.97. The van der Waals surface area contributed by atoms with Crippen molar-refractivity contribution in [3.05, 3.63) is 64.7 Å². The zero-order valence-electron chi connectivity index (χ0n) is 14.7. The van der Waals surface area contributed by atoms with Gasteiger partial charge in [-0.05, 0) is 48.7 Å². The molecular formula is C20H21ClN2O4. The highest BCUT2D eigenvalue weighted by atomic mass is 35.5. The second-order valence-electron chi connectivity index (χ2n) is 5.97. The van der Waals surface area contributed by atoms with E-state index < -0.39 is 5.97 Å². The van der Waals surface area contributed by atoms with Crippen LogP contribution in [-0.2, 0) is 16.0 Å². The van der Waals surface area contributed by atoms with Crippen LogP contribution in [0.25, 0.3) is 0 Å². The largest absolute Gasteiger partial charge is 0.478 e. The van der Waals surface area contributed by atoms with Gasteiger partial charge in [0.15, 0.2) is 0 Å². The minimum absolute atomic E-state index is 0.137. The zero-order chi connectivity index (χ0) is 19.6. The monoisotopic (exact) mass is 388 g/mol. The van der Waals surface area contributed by atoms with Crippen LogP contribution in [-0.4, -0.2) is 29.4 Å². The van der Waals surface area contributed by atoms with Crippen molar-refractivity contribution in [3.63, 3.8) is 0 Å². The van der Waals surface area contributed by atoms with Gasteiger partial charge in [0.25, 0.3) is 0 Å². The zero-order valence-corrected chi connectivity index (χ0v) is 15.5. The Morgan fingerprint density at radius 1 is 0.926 bits per heavy atom. The number of carboxylic acids is 1. The van der Waals surface area contributed by atoms with Crippen LogP contribution in [0.15, 0.2) is 48.5 Å². The summed E-state index contributed by atoms with van der Waals surface area (Å²) in [5, 5.41) is 15.2. The van der Waals surface area contributed by atoms with E-state index in [1.165, 1.54) is 6.07 Å². The van der Waals surface area contributed by atoms with Gasteiger partial charge in [-0.2, -0.15) is 0 Å². The first-order valence-electron chi connectivity index (χ1n) is 8.59. The summed E-state index contributed by atoms with van der Waals surface area (Å²) in [5.41, 5.74) is 1.51. The van der Waals surface area contributed by atoms with Crippen LogP contribution in [0.2, 0.25) is 5.02 Å². The summed E-state index contributed by atoms with van der Waals surface area (Å²) in [6.45, 7) is 0.382. The highest BCUT2D eigenvalue weighted by Crippen LogP contribution is 2.14. The minimum Gasteiger partial charge on any atom is -0.478 e. The Morgan fingerprint density at radius 3 is 2.33 bits per heavy atom. The first kappa shape index (κ1) is 20.5. The average molecular weight is 389 g/mol. The van der Waals surface area contributed by atoms with Gasteiger partial charge in [0.05, 0.1) is 5.56 Å². The molecule has 0 saturated carbocycles. The molecule has 2 aromatic carbocycles. The number of aryl methyl sites for hydroxylation is 1. The molecule has 0 heterocycles. The van der Waals surface area contributed by atoms with Gasteiger partial charge in [-0.15, -0.1) is 0 Å². The van der Waals surface area contributed by atoms with Gasteiger partial charge < -0.3 is 15.7 Å². The summed E-state index contributed by atoms with van der Waals surface area (Å²) in [6, 6.07) is 13.5. The Labute approximate surface area is 162 Å². The van der Waals surface area contributed by atoms with Crippen LogP contribution in [0, 0.1) is 0 Å². The Bertz CT molecular complexity index is 806. The van der Waals surface area contributed by atoms with Crippen LogP contribution in [0.5, 0.6) is 0 Å². The Hall–Kier alpha value is -2.86. The molecule has 0 saturated heterocycles. The highest BCUT2D eigenvalue weighted by molar-refractivity contribution is 6.30. The van der Waals surface area contributed by atoms with Crippen LogP contribution >= 0.6 is 11.6 Å². The Kier molecular flexibility index (Phi) is 7.82. The summed E-state index contributed by atoms with van der Waals surface area (Å²) in [7, 11) is 0. The predicted octanol–water partition coefficient (Wildman–Crippen LogP) is 3.51. The van der Waals surface area contributed by atoms with Crippen molar-refractivity contribution in [3.8, 4) is 0 Å². The quantitative estimate of drug-likeness (QED) is 0.573. The van der Waals surface area contributed by atoms with Gasteiger partial charge in [-0.25, -0.2) is 4.79 Å². The lowest BCUT2D eigenvalue weighted by Crippen LogP contribution is -2.25. The van der Waals surface area contributed by atoms with E-state index in [1.54, 1.807) is 42.5 Å². The molecule has 0 bridgehead atoms. The number of carbonyl (C=O) groups is 3. The number of rotatable bonds is 9. The second kappa shape index (κ2) is 10.3. The standard InChI is InChI=1S/C20H21ClN2O4/c21-15-8-10-16(11-9-15)23-19(25)6-3-13-22-18(24)12-7-14-4-1-2-5-17(14)20(26)27/h1-2,4-5,8-11H,3,6-7,12-13H2,(H,22,24)(H,23,25)(H,26,27). The topological polar surface area (TPSA) is 95.5 Å². The van der Waals surface area contributed by atoms with Crippen molar-refractivity contribution in [2.24, 2.45) is 0 Å². The molecular weight excluding hydrogens is 368 g/mol. The summed E-state index contributed by atoms with van der Waals surface area (Å²) < 4.78 is 0. The van der Waals surface area contributed by atoms with Crippen molar-refractivity contribution in [1.82, 2.24) is 5.32 Å². The fraction of sp³-hybridized carbons (Fsp3) is 0.250. The third-order valence-electron chi connectivity index (χ3n) is 3.90. The molecule has 0 aliphatic heterocycles. The number of halogens is 1. The number of anilines is 1. The molecule has 27 heavy (non-hydrogen) atoms. The summed E-state index contributed by atoms with van der Waals surface area (Å²) in [4.78, 5) is 34.9. The van der Waals surface area contributed by atoms with E-state index in [2.05, 4.69) is 10.6 Å². The molecule has 0 aromatic heterocycles. The average Bonchev–Trinajstić information content (AvgIpc) is 2.65. The molecule has 142 valence electrons. The Morgan fingerprint density at radius 2 is 1.63 bits per heavy atom. The van der Waals surface area contributed by atoms with Gasteiger partial charge in [0, 0.05) is 30.1 Å². The molecule has 2 amide bonds. The smallest absolute Gasteiger partial charge is 0.335 e. The van der Waals surface area contributed by atoms with Gasteiger partial charge in [0.1, 0.15) is 0 Å². The normalized spacial score (nSPS) is 10.3. The van der Waals surface area contributed by atoms with Crippen molar-refractivity contribution in [1.29, 1.82) is 0 Å². The third kappa shape index (κ3) is 7.11. The number of aromatic carboxylic acids is 1. The lowest BCUT2D eigenvalue weighted by molar-refractivity contribution is -0.121. The van der Waals surface area contributed by atoms with E-state index in [4.69, 9.17) is 16.7 Å². The molecule has 0 radical (unpaired) electrons. The van der Waals surface area contributed by atoms with Crippen LogP contribution in [0.3, 0.4) is 0 Å². The molecule has 2 rings (SSSR count). The number of carbonyl (C=O) groups excluding carboxylic acids is 2. The molecule has 0 unspecified atom stereocenters. The fourth-order valence-corrected chi connectivity index (χ4v) is 2.64.